The lowest BCUT2D eigenvalue weighted by Gasteiger charge is -2.39. The lowest BCUT2D eigenvalue weighted by Crippen LogP contribution is -2.32. The lowest BCUT2D eigenvalue weighted by atomic mass is 9.66. The zero-order valence-electron chi connectivity index (χ0n) is 30.7. The molecule has 0 atom stereocenters. The van der Waals surface area contributed by atoms with Gasteiger partial charge in [0.2, 0.25) is 0 Å². The Kier molecular flexibility index (Phi) is 6.78. The van der Waals surface area contributed by atoms with Gasteiger partial charge < -0.3 is 9.30 Å². The number of aromatic nitrogens is 4. The molecule has 3 heterocycles. The van der Waals surface area contributed by atoms with Crippen LogP contribution in [0.1, 0.15) is 22.3 Å². The topological polar surface area (TPSA) is 52.8 Å². The molecular weight excluding hydrogens is 697 g/mol. The Morgan fingerprint density at radius 2 is 0.895 bits per heavy atom. The smallest absolute Gasteiger partial charge is 0.164 e. The average molecular weight is 729 g/mol. The predicted molar refractivity (Wildman–Crippen MR) is 228 cm³/mol. The van der Waals surface area contributed by atoms with Crippen LogP contribution in [0, 0.1) is 0 Å². The minimum absolute atomic E-state index is 0.627. The minimum Gasteiger partial charge on any atom is -0.457 e. The summed E-state index contributed by atoms with van der Waals surface area (Å²) in [5, 5.41) is 2.46. The Bertz CT molecular complexity index is 3070. The third-order valence-corrected chi connectivity index (χ3v) is 11.7. The molecule has 0 radical (unpaired) electrons. The van der Waals surface area contributed by atoms with E-state index in [4.69, 9.17) is 19.7 Å². The predicted octanol–water partition coefficient (Wildman–Crippen LogP) is 12.4. The molecule has 5 heteroatoms. The van der Waals surface area contributed by atoms with Crippen molar-refractivity contribution in [2.24, 2.45) is 0 Å². The van der Waals surface area contributed by atoms with Crippen molar-refractivity contribution in [3.8, 4) is 62.5 Å². The van der Waals surface area contributed by atoms with Crippen LogP contribution in [0.2, 0.25) is 0 Å². The van der Waals surface area contributed by atoms with Gasteiger partial charge in [0.1, 0.15) is 11.5 Å². The zero-order chi connectivity index (χ0) is 37.5. The molecule has 266 valence electrons. The highest BCUT2D eigenvalue weighted by Gasteiger charge is 2.52. The highest BCUT2D eigenvalue weighted by Crippen LogP contribution is 2.63. The fraction of sp³-hybridized carbons (Fsp3) is 0.0192. The molecule has 0 N–H and O–H groups in total. The average Bonchev–Trinajstić information content (AvgIpc) is 3.77. The molecule has 12 rings (SSSR count). The standard InChI is InChI=1S/C52H32N4O/c1-3-16-33(17-4-1)49-53-50(34-18-5-2-6-19-34)55-51(54-49)39-22-15-25-42-48(39)38-31-30-35(56-44-26-11-7-20-36(44)37-21-8-12-27-45(37)56)32-43(38)52(42)40-23-9-13-28-46(40)57-47-29-14-10-24-41(47)52/h1-32H. The summed E-state index contributed by atoms with van der Waals surface area (Å²) in [4.78, 5) is 15.5. The van der Waals surface area contributed by atoms with E-state index < -0.39 is 5.41 Å². The van der Waals surface area contributed by atoms with E-state index in [-0.39, 0.29) is 0 Å². The molecule has 1 aliphatic carbocycles. The van der Waals surface area contributed by atoms with Gasteiger partial charge in [0.05, 0.1) is 16.4 Å². The molecule has 8 aromatic carbocycles. The molecule has 0 amide bonds. The van der Waals surface area contributed by atoms with E-state index in [1.165, 1.54) is 32.9 Å². The third-order valence-electron chi connectivity index (χ3n) is 11.7. The molecule has 2 aliphatic rings. The van der Waals surface area contributed by atoms with Crippen molar-refractivity contribution in [2.75, 3.05) is 0 Å². The van der Waals surface area contributed by atoms with E-state index in [2.05, 4.69) is 162 Å². The maximum Gasteiger partial charge on any atom is 0.164 e. The maximum atomic E-state index is 6.72. The Balaban J connectivity index is 1.19. The Morgan fingerprint density at radius 3 is 1.51 bits per heavy atom. The van der Waals surface area contributed by atoms with Gasteiger partial charge in [-0.15, -0.1) is 0 Å². The van der Waals surface area contributed by atoms with Gasteiger partial charge >= 0.3 is 0 Å². The molecule has 57 heavy (non-hydrogen) atoms. The van der Waals surface area contributed by atoms with Crippen LogP contribution < -0.4 is 4.74 Å². The Labute approximate surface area is 329 Å². The first-order valence-electron chi connectivity index (χ1n) is 19.3. The van der Waals surface area contributed by atoms with E-state index in [0.29, 0.717) is 17.5 Å². The van der Waals surface area contributed by atoms with Gasteiger partial charge in [-0.05, 0) is 58.7 Å². The summed E-state index contributed by atoms with van der Waals surface area (Å²) < 4.78 is 9.12. The summed E-state index contributed by atoms with van der Waals surface area (Å²) in [6.45, 7) is 0. The second-order valence-corrected chi connectivity index (χ2v) is 14.7. The first kappa shape index (κ1) is 31.7. The van der Waals surface area contributed by atoms with Crippen LogP contribution in [0.4, 0.5) is 0 Å². The highest BCUT2D eigenvalue weighted by molar-refractivity contribution is 6.09. The highest BCUT2D eigenvalue weighted by atomic mass is 16.5. The van der Waals surface area contributed by atoms with Crippen molar-refractivity contribution in [3.63, 3.8) is 0 Å². The van der Waals surface area contributed by atoms with Crippen molar-refractivity contribution >= 4 is 21.8 Å². The lowest BCUT2D eigenvalue weighted by molar-refractivity contribution is 0.436. The van der Waals surface area contributed by atoms with E-state index in [9.17, 15) is 0 Å². The van der Waals surface area contributed by atoms with Crippen molar-refractivity contribution < 1.29 is 4.74 Å². The number of rotatable bonds is 4. The summed E-state index contributed by atoms with van der Waals surface area (Å²) in [6, 6.07) is 68.3. The van der Waals surface area contributed by atoms with Crippen molar-refractivity contribution in [1.82, 2.24) is 19.5 Å². The van der Waals surface area contributed by atoms with Gasteiger partial charge in [-0.2, -0.15) is 0 Å². The largest absolute Gasteiger partial charge is 0.457 e. The molecule has 5 nitrogen and oxygen atoms in total. The summed E-state index contributed by atoms with van der Waals surface area (Å²) in [5.74, 6) is 3.59. The number of fused-ring (bicyclic) bond motifs is 12. The SMILES string of the molecule is c1ccc(-c2nc(-c3ccccc3)nc(-c3cccc4c3-c3ccc(-n5c6ccccc6c6ccccc65)cc3C43c4ccccc4Oc4ccccc43)n2)cc1. The van der Waals surface area contributed by atoms with Crippen molar-refractivity contribution in [3.05, 3.63) is 216 Å². The van der Waals surface area contributed by atoms with Crippen LogP contribution >= 0.6 is 0 Å². The molecule has 0 fully saturated rings. The van der Waals surface area contributed by atoms with Gasteiger partial charge in [-0.25, -0.2) is 15.0 Å². The molecule has 0 unspecified atom stereocenters. The quantitative estimate of drug-likeness (QED) is 0.181. The van der Waals surface area contributed by atoms with Gasteiger partial charge in [0.15, 0.2) is 17.5 Å². The van der Waals surface area contributed by atoms with Crippen molar-refractivity contribution in [2.45, 2.75) is 5.41 Å². The van der Waals surface area contributed by atoms with Crippen LogP contribution in [-0.2, 0) is 5.41 Å². The van der Waals surface area contributed by atoms with Crippen LogP contribution in [0.15, 0.2) is 194 Å². The molecule has 1 aliphatic heterocycles. The van der Waals surface area contributed by atoms with E-state index in [0.717, 1.165) is 56.1 Å². The summed E-state index contributed by atoms with van der Waals surface area (Å²) in [6.07, 6.45) is 0. The van der Waals surface area contributed by atoms with Crippen molar-refractivity contribution in [1.29, 1.82) is 0 Å². The second-order valence-electron chi connectivity index (χ2n) is 14.7. The van der Waals surface area contributed by atoms with E-state index in [1.807, 2.05) is 36.4 Å². The van der Waals surface area contributed by atoms with Gasteiger partial charge in [-0.1, -0.05) is 158 Å². The summed E-state index contributed by atoms with van der Waals surface area (Å²) >= 11 is 0. The first-order valence-corrected chi connectivity index (χ1v) is 19.3. The molecule has 0 saturated carbocycles. The number of hydrogen-bond acceptors (Lipinski definition) is 4. The fourth-order valence-electron chi connectivity index (χ4n) is 9.39. The molecule has 10 aromatic rings. The first-order chi connectivity index (χ1) is 28.3. The van der Waals surface area contributed by atoms with E-state index in [1.54, 1.807) is 0 Å². The van der Waals surface area contributed by atoms with Crippen LogP contribution in [0.25, 0.3) is 72.8 Å². The summed E-state index contributed by atoms with van der Waals surface area (Å²) in [5.41, 5.74) is 12.4. The second kappa shape index (κ2) is 12.2. The van der Waals surface area contributed by atoms with Gasteiger partial charge in [0.25, 0.3) is 0 Å². The number of ether oxygens (including phenoxy) is 1. The Morgan fingerprint density at radius 1 is 0.386 bits per heavy atom. The molecule has 0 saturated heterocycles. The van der Waals surface area contributed by atoms with Crippen LogP contribution in [0.5, 0.6) is 11.5 Å². The fourth-order valence-corrected chi connectivity index (χ4v) is 9.39. The number of nitrogens with zero attached hydrogens (tertiary/aromatic N) is 4. The van der Waals surface area contributed by atoms with Gasteiger partial charge in [0, 0.05) is 44.3 Å². The minimum atomic E-state index is -0.696. The van der Waals surface area contributed by atoms with E-state index >= 15 is 0 Å². The van der Waals surface area contributed by atoms with Crippen LogP contribution in [0.3, 0.4) is 0 Å². The molecular formula is C52H32N4O. The normalized spacial score (nSPS) is 13.2. The molecule has 0 bridgehead atoms. The van der Waals surface area contributed by atoms with Gasteiger partial charge in [-0.3, -0.25) is 0 Å². The number of para-hydroxylation sites is 4. The summed E-state index contributed by atoms with van der Waals surface area (Å²) in [7, 11) is 0. The third kappa shape index (κ3) is 4.54. The number of hydrogen-bond donors (Lipinski definition) is 0. The van der Waals surface area contributed by atoms with Crippen LogP contribution in [-0.4, -0.2) is 19.5 Å². The Hall–Kier alpha value is -7.63. The molecule has 2 aromatic heterocycles. The monoisotopic (exact) mass is 728 g/mol. The zero-order valence-corrected chi connectivity index (χ0v) is 30.7. The number of benzene rings is 8. The molecule has 1 spiro atoms. The maximum absolute atomic E-state index is 6.72.